The van der Waals surface area contributed by atoms with Crippen molar-refractivity contribution in [3.05, 3.63) is 74.0 Å². The highest BCUT2D eigenvalue weighted by molar-refractivity contribution is 6.33. The van der Waals surface area contributed by atoms with Gasteiger partial charge in [0.05, 0.1) is 28.3 Å². The molecular formula is C15H8ClFN4O3. The summed E-state index contributed by atoms with van der Waals surface area (Å²) < 4.78 is 13.7. The molecule has 2 aromatic carbocycles. The molecule has 7 nitrogen and oxygen atoms in total. The van der Waals surface area contributed by atoms with Crippen molar-refractivity contribution in [2.45, 2.75) is 0 Å². The van der Waals surface area contributed by atoms with E-state index in [-0.39, 0.29) is 27.4 Å². The van der Waals surface area contributed by atoms with Gasteiger partial charge in [0.25, 0.3) is 11.6 Å². The molecule has 24 heavy (non-hydrogen) atoms. The molecule has 0 aromatic heterocycles. The van der Waals surface area contributed by atoms with E-state index >= 15 is 0 Å². The lowest BCUT2D eigenvalue weighted by molar-refractivity contribution is -0.384. The van der Waals surface area contributed by atoms with Gasteiger partial charge in [0, 0.05) is 22.7 Å². The van der Waals surface area contributed by atoms with E-state index in [1.54, 1.807) is 6.07 Å². The maximum atomic E-state index is 13.7. The normalized spacial score (nSPS) is 10.4. The van der Waals surface area contributed by atoms with Gasteiger partial charge in [0.2, 0.25) is 0 Å². The van der Waals surface area contributed by atoms with Crippen LogP contribution in [-0.4, -0.2) is 17.0 Å². The molecule has 1 N–H and O–H groups in total. The Morgan fingerprint density at radius 2 is 2.12 bits per heavy atom. The number of halogens is 2. The average Bonchev–Trinajstić information content (AvgIpc) is 2.55. The maximum Gasteiger partial charge on any atom is 0.274 e. The van der Waals surface area contributed by atoms with Gasteiger partial charge in [-0.1, -0.05) is 11.6 Å². The number of nitro groups is 1. The topological polar surface area (TPSA) is 108 Å². The Hall–Kier alpha value is -3.31. The molecule has 0 aliphatic heterocycles. The lowest BCUT2D eigenvalue weighted by Gasteiger charge is -2.02. The number of benzene rings is 2. The van der Waals surface area contributed by atoms with Crippen molar-refractivity contribution in [3.8, 4) is 6.07 Å². The monoisotopic (exact) mass is 346 g/mol. The fourth-order valence-corrected chi connectivity index (χ4v) is 1.90. The number of nitrogens with zero attached hydrogens (tertiary/aromatic N) is 3. The molecule has 0 fully saturated rings. The first-order valence-corrected chi connectivity index (χ1v) is 6.77. The summed E-state index contributed by atoms with van der Waals surface area (Å²) in [6.07, 6.45) is 1.11. The Balaban J connectivity index is 2.14. The molecule has 2 aromatic rings. The number of carbonyl (C=O) groups is 1. The van der Waals surface area contributed by atoms with Crippen LogP contribution in [0.25, 0.3) is 0 Å². The number of nitrogens with one attached hydrogen (secondary N) is 1. The van der Waals surface area contributed by atoms with Crippen molar-refractivity contribution < 1.29 is 14.1 Å². The first-order valence-electron chi connectivity index (χ1n) is 6.39. The molecular weight excluding hydrogens is 339 g/mol. The van der Waals surface area contributed by atoms with E-state index in [9.17, 15) is 19.3 Å². The van der Waals surface area contributed by atoms with E-state index in [0.717, 1.165) is 18.3 Å². The molecule has 0 bridgehead atoms. The highest BCUT2D eigenvalue weighted by Crippen LogP contribution is 2.20. The minimum absolute atomic E-state index is 0.0796. The highest BCUT2D eigenvalue weighted by Gasteiger charge is 2.12. The lowest BCUT2D eigenvalue weighted by atomic mass is 10.1. The summed E-state index contributed by atoms with van der Waals surface area (Å²) in [6.45, 7) is 0. The number of amides is 1. The Labute approximate surface area is 140 Å². The van der Waals surface area contributed by atoms with Gasteiger partial charge in [-0.2, -0.15) is 10.4 Å². The summed E-state index contributed by atoms with van der Waals surface area (Å²) in [6, 6.07) is 8.85. The molecule has 0 spiro atoms. The first-order chi connectivity index (χ1) is 11.4. The minimum Gasteiger partial charge on any atom is -0.267 e. The van der Waals surface area contributed by atoms with Crippen LogP contribution in [0.4, 0.5) is 10.1 Å². The van der Waals surface area contributed by atoms with Crippen LogP contribution >= 0.6 is 11.6 Å². The molecule has 120 valence electrons. The van der Waals surface area contributed by atoms with Crippen LogP contribution in [-0.2, 0) is 0 Å². The second-order valence-electron chi connectivity index (χ2n) is 4.47. The number of hydrogen-bond donors (Lipinski definition) is 1. The lowest BCUT2D eigenvalue weighted by Crippen LogP contribution is -2.19. The zero-order chi connectivity index (χ0) is 17.7. The highest BCUT2D eigenvalue weighted by atomic mass is 35.5. The van der Waals surface area contributed by atoms with Gasteiger partial charge in [-0.3, -0.25) is 14.9 Å². The quantitative estimate of drug-likeness (QED) is 0.521. The molecule has 0 atom stereocenters. The Bertz CT molecular complexity index is 893. The molecule has 0 heterocycles. The average molecular weight is 347 g/mol. The number of carbonyl (C=O) groups excluding carboxylic acids is 1. The molecule has 0 aliphatic rings. The molecule has 0 saturated carbocycles. The van der Waals surface area contributed by atoms with Crippen molar-refractivity contribution in [1.82, 2.24) is 5.43 Å². The van der Waals surface area contributed by atoms with Crippen LogP contribution in [0.5, 0.6) is 0 Å². The second kappa shape index (κ2) is 7.30. The van der Waals surface area contributed by atoms with Crippen LogP contribution in [0.15, 0.2) is 41.5 Å². The number of nitro benzene ring substituents is 1. The van der Waals surface area contributed by atoms with Gasteiger partial charge in [0.15, 0.2) is 0 Å². The van der Waals surface area contributed by atoms with Crippen LogP contribution in [0.1, 0.15) is 21.5 Å². The first kappa shape index (κ1) is 17.1. The minimum atomic E-state index is -0.866. The zero-order valence-electron chi connectivity index (χ0n) is 11.9. The fraction of sp³-hybridized carbons (Fsp3) is 0. The van der Waals surface area contributed by atoms with Gasteiger partial charge in [-0.15, -0.1) is 0 Å². The third kappa shape index (κ3) is 3.91. The SMILES string of the molecule is N#Cc1ccc(C(=O)N/N=C\c2cc([N+](=O)[O-])ccc2Cl)c(F)c1. The molecule has 0 unspecified atom stereocenters. The number of non-ortho nitro benzene ring substituents is 1. The fourth-order valence-electron chi connectivity index (χ4n) is 1.73. The van der Waals surface area contributed by atoms with E-state index in [2.05, 4.69) is 10.5 Å². The van der Waals surface area contributed by atoms with Gasteiger partial charge in [-0.05, 0) is 24.3 Å². The summed E-state index contributed by atoms with van der Waals surface area (Å²) in [5.74, 6) is -1.70. The predicted molar refractivity (Wildman–Crippen MR) is 84.3 cm³/mol. The van der Waals surface area contributed by atoms with Crippen LogP contribution in [0.3, 0.4) is 0 Å². The third-order valence-corrected chi connectivity index (χ3v) is 3.25. The predicted octanol–water partition coefficient (Wildman–Crippen LogP) is 3.02. The van der Waals surface area contributed by atoms with Crippen molar-refractivity contribution in [3.63, 3.8) is 0 Å². The summed E-state index contributed by atoms with van der Waals surface area (Å²) in [5, 5.41) is 23.1. The molecule has 2 rings (SSSR count). The standard InChI is InChI=1S/C15H8ClFN4O3/c16-13-4-2-11(21(23)24)6-10(13)8-19-20-15(22)12-3-1-9(7-18)5-14(12)17/h1-6,8H,(H,20,22)/b19-8-. The summed E-state index contributed by atoms with van der Waals surface area (Å²) in [4.78, 5) is 21.9. The van der Waals surface area contributed by atoms with E-state index in [0.29, 0.717) is 0 Å². The largest absolute Gasteiger partial charge is 0.274 e. The van der Waals surface area contributed by atoms with Crippen molar-refractivity contribution >= 4 is 29.4 Å². The van der Waals surface area contributed by atoms with Gasteiger partial charge >= 0.3 is 0 Å². The molecule has 0 radical (unpaired) electrons. The van der Waals surface area contributed by atoms with Gasteiger partial charge in [0.1, 0.15) is 5.82 Å². The van der Waals surface area contributed by atoms with E-state index in [4.69, 9.17) is 16.9 Å². The molecule has 9 heteroatoms. The van der Waals surface area contributed by atoms with Crippen LogP contribution < -0.4 is 5.43 Å². The molecule has 0 saturated heterocycles. The number of hydrogen-bond acceptors (Lipinski definition) is 5. The summed E-state index contributed by atoms with van der Waals surface area (Å²) in [7, 11) is 0. The number of rotatable bonds is 4. The molecule has 1 amide bonds. The van der Waals surface area contributed by atoms with Crippen LogP contribution in [0.2, 0.25) is 5.02 Å². The smallest absolute Gasteiger partial charge is 0.267 e. The van der Waals surface area contributed by atoms with Gasteiger partial charge < -0.3 is 0 Å². The number of nitriles is 1. The number of hydrazone groups is 1. The van der Waals surface area contributed by atoms with Gasteiger partial charge in [-0.25, -0.2) is 9.82 Å². The van der Waals surface area contributed by atoms with Crippen molar-refractivity contribution in [1.29, 1.82) is 5.26 Å². The maximum absolute atomic E-state index is 13.7. The summed E-state index contributed by atoms with van der Waals surface area (Å²) in [5.41, 5.74) is 1.89. The third-order valence-electron chi connectivity index (χ3n) is 2.90. The Kier molecular flexibility index (Phi) is 5.19. The van der Waals surface area contributed by atoms with Crippen LogP contribution in [0, 0.1) is 27.3 Å². The van der Waals surface area contributed by atoms with E-state index in [1.807, 2.05) is 0 Å². The van der Waals surface area contributed by atoms with E-state index < -0.39 is 16.6 Å². The van der Waals surface area contributed by atoms with Crippen molar-refractivity contribution in [2.24, 2.45) is 5.10 Å². The Morgan fingerprint density at radius 3 is 2.75 bits per heavy atom. The second-order valence-corrected chi connectivity index (χ2v) is 4.88. The van der Waals surface area contributed by atoms with Crippen molar-refractivity contribution in [2.75, 3.05) is 0 Å². The zero-order valence-corrected chi connectivity index (χ0v) is 12.6. The Morgan fingerprint density at radius 1 is 1.38 bits per heavy atom. The van der Waals surface area contributed by atoms with E-state index in [1.165, 1.54) is 24.3 Å². The summed E-state index contributed by atoms with van der Waals surface area (Å²) >= 11 is 5.87. The molecule has 0 aliphatic carbocycles.